The van der Waals surface area contributed by atoms with E-state index in [9.17, 15) is 8.78 Å². The first-order valence-corrected chi connectivity index (χ1v) is 6.57. The lowest BCUT2D eigenvalue weighted by molar-refractivity contribution is 0.507. The van der Waals surface area contributed by atoms with Crippen molar-refractivity contribution in [3.63, 3.8) is 0 Å². The van der Waals surface area contributed by atoms with Gasteiger partial charge in [0, 0.05) is 0 Å². The van der Waals surface area contributed by atoms with Crippen molar-refractivity contribution < 1.29 is 8.78 Å². The predicted octanol–water partition coefficient (Wildman–Crippen LogP) is 5.07. The summed E-state index contributed by atoms with van der Waals surface area (Å²) in [4.78, 5) is -0.131. The van der Waals surface area contributed by atoms with E-state index in [2.05, 4.69) is 22.0 Å². The molecule has 0 aliphatic heterocycles. The van der Waals surface area contributed by atoms with Gasteiger partial charge in [0.1, 0.15) is 0 Å². The minimum Gasteiger partial charge on any atom is -0.204 e. The van der Waals surface area contributed by atoms with E-state index in [0.717, 1.165) is 17.2 Å². The largest absolute Gasteiger partial charge is 0.204 e. The maximum atomic E-state index is 13.2. The van der Waals surface area contributed by atoms with Crippen LogP contribution < -0.4 is 0 Å². The SMILES string of the molecule is Cc1ccc(C(Br)c2ccc(F)c(F)c2)c(C)c1. The lowest BCUT2D eigenvalue weighted by Crippen LogP contribution is -1.98. The number of aryl methyl sites for hydroxylation is 2. The third-order valence-electron chi connectivity index (χ3n) is 2.93. The summed E-state index contributed by atoms with van der Waals surface area (Å²) in [6, 6.07) is 10.1. The van der Waals surface area contributed by atoms with Gasteiger partial charge >= 0.3 is 0 Å². The van der Waals surface area contributed by atoms with Gasteiger partial charge in [0.25, 0.3) is 0 Å². The van der Waals surface area contributed by atoms with Crippen LogP contribution in [0.25, 0.3) is 0 Å². The van der Waals surface area contributed by atoms with Crippen molar-refractivity contribution in [2.24, 2.45) is 0 Å². The highest BCUT2D eigenvalue weighted by atomic mass is 79.9. The summed E-state index contributed by atoms with van der Waals surface area (Å²) < 4.78 is 26.1. The highest BCUT2D eigenvalue weighted by Crippen LogP contribution is 2.33. The molecule has 2 aromatic rings. The summed E-state index contributed by atoms with van der Waals surface area (Å²) in [5.41, 5.74) is 4.08. The van der Waals surface area contributed by atoms with Crippen LogP contribution in [-0.4, -0.2) is 0 Å². The van der Waals surface area contributed by atoms with E-state index in [0.29, 0.717) is 5.56 Å². The average molecular weight is 311 g/mol. The summed E-state index contributed by atoms with van der Waals surface area (Å²) >= 11 is 3.54. The molecule has 0 spiro atoms. The van der Waals surface area contributed by atoms with Crippen LogP contribution >= 0.6 is 15.9 Å². The van der Waals surface area contributed by atoms with E-state index in [1.165, 1.54) is 11.6 Å². The van der Waals surface area contributed by atoms with Crippen molar-refractivity contribution in [1.82, 2.24) is 0 Å². The first-order valence-electron chi connectivity index (χ1n) is 5.65. The van der Waals surface area contributed by atoms with Gasteiger partial charge in [-0.1, -0.05) is 45.8 Å². The van der Waals surface area contributed by atoms with Gasteiger partial charge in [0.2, 0.25) is 0 Å². The molecule has 0 fully saturated rings. The Morgan fingerprint density at radius 1 is 0.944 bits per heavy atom. The molecule has 0 N–H and O–H groups in total. The molecule has 94 valence electrons. The number of hydrogen-bond donors (Lipinski definition) is 0. The number of rotatable bonds is 2. The van der Waals surface area contributed by atoms with Crippen molar-refractivity contribution in [2.75, 3.05) is 0 Å². The van der Waals surface area contributed by atoms with Crippen LogP contribution in [0.1, 0.15) is 27.1 Å². The summed E-state index contributed by atoms with van der Waals surface area (Å²) in [7, 11) is 0. The maximum absolute atomic E-state index is 13.2. The molecule has 0 saturated heterocycles. The molecule has 2 rings (SSSR count). The Labute approximate surface area is 114 Å². The Morgan fingerprint density at radius 2 is 1.67 bits per heavy atom. The highest BCUT2D eigenvalue weighted by Gasteiger charge is 2.14. The number of hydrogen-bond acceptors (Lipinski definition) is 0. The predicted molar refractivity (Wildman–Crippen MR) is 73.0 cm³/mol. The standard InChI is InChI=1S/C15H13BrF2/c1-9-3-5-12(10(2)7-9)15(16)11-4-6-13(17)14(18)8-11/h3-8,15H,1-2H3. The molecule has 0 amide bonds. The summed E-state index contributed by atoms with van der Waals surface area (Å²) in [5.74, 6) is -1.64. The van der Waals surface area contributed by atoms with Crippen molar-refractivity contribution in [3.8, 4) is 0 Å². The topological polar surface area (TPSA) is 0 Å². The van der Waals surface area contributed by atoms with Crippen LogP contribution in [0.2, 0.25) is 0 Å². The van der Waals surface area contributed by atoms with Crippen LogP contribution in [0.5, 0.6) is 0 Å². The number of alkyl halides is 1. The van der Waals surface area contributed by atoms with E-state index in [1.54, 1.807) is 6.07 Å². The molecule has 0 heterocycles. The minimum atomic E-state index is -0.820. The van der Waals surface area contributed by atoms with Gasteiger partial charge in [-0.3, -0.25) is 0 Å². The van der Waals surface area contributed by atoms with Crippen LogP contribution in [0.4, 0.5) is 8.78 Å². The van der Waals surface area contributed by atoms with Crippen molar-refractivity contribution in [3.05, 3.63) is 70.3 Å². The number of benzene rings is 2. The minimum absolute atomic E-state index is 0.131. The first kappa shape index (κ1) is 13.2. The van der Waals surface area contributed by atoms with E-state index in [-0.39, 0.29) is 4.83 Å². The fraction of sp³-hybridized carbons (Fsp3) is 0.200. The summed E-state index contributed by atoms with van der Waals surface area (Å²) in [6.07, 6.45) is 0. The zero-order valence-corrected chi connectivity index (χ0v) is 11.8. The molecule has 3 heteroatoms. The van der Waals surface area contributed by atoms with Gasteiger partial charge in [-0.05, 0) is 42.7 Å². The first-order chi connectivity index (χ1) is 8.49. The number of halogens is 3. The molecule has 0 aromatic heterocycles. The molecule has 0 aliphatic carbocycles. The molecule has 0 nitrogen and oxygen atoms in total. The van der Waals surface area contributed by atoms with E-state index in [1.807, 2.05) is 26.0 Å². The molecular formula is C15H13BrF2. The normalized spacial score (nSPS) is 12.5. The Hall–Kier alpha value is -1.22. The molecule has 1 unspecified atom stereocenters. The van der Waals surface area contributed by atoms with Crippen molar-refractivity contribution in [2.45, 2.75) is 18.7 Å². The van der Waals surface area contributed by atoms with Gasteiger partial charge < -0.3 is 0 Å². The quantitative estimate of drug-likeness (QED) is 0.680. The van der Waals surface area contributed by atoms with Gasteiger partial charge in [0.15, 0.2) is 11.6 Å². The van der Waals surface area contributed by atoms with E-state index < -0.39 is 11.6 Å². The molecule has 2 aromatic carbocycles. The Kier molecular flexibility index (Phi) is 3.81. The molecule has 0 bridgehead atoms. The third kappa shape index (κ3) is 2.61. The van der Waals surface area contributed by atoms with Crippen LogP contribution in [0.15, 0.2) is 36.4 Å². The molecule has 0 saturated carbocycles. The fourth-order valence-electron chi connectivity index (χ4n) is 1.96. The third-order valence-corrected chi connectivity index (χ3v) is 3.96. The zero-order valence-electron chi connectivity index (χ0n) is 10.2. The van der Waals surface area contributed by atoms with Crippen LogP contribution in [0.3, 0.4) is 0 Å². The zero-order chi connectivity index (χ0) is 13.3. The average Bonchev–Trinajstić information content (AvgIpc) is 2.32. The highest BCUT2D eigenvalue weighted by molar-refractivity contribution is 9.09. The van der Waals surface area contributed by atoms with Crippen LogP contribution in [0, 0.1) is 25.5 Å². The van der Waals surface area contributed by atoms with Crippen LogP contribution in [-0.2, 0) is 0 Å². The summed E-state index contributed by atoms with van der Waals surface area (Å²) in [5, 5.41) is 0. The van der Waals surface area contributed by atoms with Crippen molar-refractivity contribution in [1.29, 1.82) is 0 Å². The maximum Gasteiger partial charge on any atom is 0.159 e. The second kappa shape index (κ2) is 5.19. The monoisotopic (exact) mass is 310 g/mol. The fourth-order valence-corrected chi connectivity index (χ4v) is 2.76. The van der Waals surface area contributed by atoms with E-state index in [4.69, 9.17) is 0 Å². The van der Waals surface area contributed by atoms with Gasteiger partial charge in [-0.25, -0.2) is 8.78 Å². The van der Waals surface area contributed by atoms with Gasteiger partial charge in [-0.15, -0.1) is 0 Å². The lowest BCUT2D eigenvalue weighted by atomic mass is 9.99. The molecule has 1 atom stereocenters. The van der Waals surface area contributed by atoms with E-state index >= 15 is 0 Å². The van der Waals surface area contributed by atoms with Crippen molar-refractivity contribution >= 4 is 15.9 Å². The molecule has 0 aliphatic rings. The molecule has 0 radical (unpaired) electrons. The molecule has 18 heavy (non-hydrogen) atoms. The Bertz CT molecular complexity index is 579. The molecular weight excluding hydrogens is 298 g/mol. The van der Waals surface area contributed by atoms with Gasteiger partial charge in [0.05, 0.1) is 4.83 Å². The second-order valence-electron chi connectivity index (χ2n) is 4.40. The smallest absolute Gasteiger partial charge is 0.159 e. The van der Waals surface area contributed by atoms with Gasteiger partial charge in [-0.2, -0.15) is 0 Å². The summed E-state index contributed by atoms with van der Waals surface area (Å²) in [6.45, 7) is 4.04. The second-order valence-corrected chi connectivity index (χ2v) is 5.31. The Balaban J connectivity index is 2.41. The lowest BCUT2D eigenvalue weighted by Gasteiger charge is -2.14. The Morgan fingerprint density at radius 3 is 2.28 bits per heavy atom.